The van der Waals surface area contributed by atoms with Gasteiger partial charge in [-0.25, -0.2) is 0 Å². The normalized spacial score (nSPS) is 13.5. The first-order chi connectivity index (χ1) is 9.33. The largest absolute Gasteiger partial charge is 0.455 e. The highest BCUT2D eigenvalue weighted by Gasteiger charge is 2.17. The van der Waals surface area contributed by atoms with E-state index in [1.807, 2.05) is 18.2 Å². The highest BCUT2D eigenvalue weighted by atomic mass is 35.5. The molecule has 0 bridgehead atoms. The van der Waals surface area contributed by atoms with Crippen molar-refractivity contribution in [1.29, 1.82) is 0 Å². The molecule has 1 N–H and O–H groups in total. The maximum Gasteiger partial charge on any atom is 0.153 e. The molecule has 2 aromatic carbocycles. The van der Waals surface area contributed by atoms with Gasteiger partial charge in [0.1, 0.15) is 5.76 Å². The number of para-hydroxylation sites is 1. The second kappa shape index (κ2) is 4.04. The van der Waals surface area contributed by atoms with Gasteiger partial charge in [-0.2, -0.15) is 0 Å². The Balaban J connectivity index is 1.96. The highest BCUT2D eigenvalue weighted by Crippen LogP contribution is 2.37. The van der Waals surface area contributed by atoms with Crippen LogP contribution < -0.4 is 5.32 Å². The molecule has 2 heterocycles. The van der Waals surface area contributed by atoms with Gasteiger partial charge in [0.25, 0.3) is 0 Å². The van der Waals surface area contributed by atoms with Crippen LogP contribution in [0.5, 0.6) is 0 Å². The summed E-state index contributed by atoms with van der Waals surface area (Å²) in [6.45, 7) is 0.993. The number of hydrogen-bond donors (Lipinski definition) is 1. The molecule has 3 aromatic rings. The summed E-state index contributed by atoms with van der Waals surface area (Å²) >= 11 is 6.17. The van der Waals surface area contributed by atoms with Crippen LogP contribution in [-0.4, -0.2) is 6.54 Å². The molecule has 3 heteroatoms. The van der Waals surface area contributed by atoms with Crippen LogP contribution >= 0.6 is 11.6 Å². The Bertz CT molecular complexity index is 776. The van der Waals surface area contributed by atoms with Crippen LogP contribution in [0, 0.1) is 0 Å². The Morgan fingerprint density at radius 2 is 2.00 bits per heavy atom. The predicted molar refractivity (Wildman–Crippen MR) is 78.9 cm³/mol. The Kier molecular flexibility index (Phi) is 2.32. The fourth-order valence-electron chi connectivity index (χ4n) is 2.74. The zero-order valence-electron chi connectivity index (χ0n) is 10.2. The molecule has 0 amide bonds. The van der Waals surface area contributed by atoms with E-state index in [2.05, 4.69) is 29.6 Å². The lowest BCUT2D eigenvalue weighted by Gasteiger charge is -2.04. The van der Waals surface area contributed by atoms with Crippen LogP contribution in [0.3, 0.4) is 0 Å². The molecule has 0 unspecified atom stereocenters. The van der Waals surface area contributed by atoms with Crippen LogP contribution in [0.1, 0.15) is 5.56 Å². The van der Waals surface area contributed by atoms with Gasteiger partial charge in [-0.05, 0) is 30.2 Å². The van der Waals surface area contributed by atoms with Crippen LogP contribution in [0.15, 0.2) is 46.9 Å². The first-order valence-corrected chi connectivity index (χ1v) is 6.75. The zero-order valence-corrected chi connectivity index (χ0v) is 11.0. The molecule has 0 atom stereocenters. The Morgan fingerprint density at radius 3 is 2.89 bits per heavy atom. The van der Waals surface area contributed by atoms with Crippen molar-refractivity contribution in [1.82, 2.24) is 0 Å². The fraction of sp³-hybridized carbons (Fsp3) is 0.125. The lowest BCUT2D eigenvalue weighted by Crippen LogP contribution is -1.90. The lowest BCUT2D eigenvalue weighted by molar-refractivity contribution is 0.631. The summed E-state index contributed by atoms with van der Waals surface area (Å²) in [5.41, 5.74) is 4.47. The van der Waals surface area contributed by atoms with Crippen LogP contribution in [0.25, 0.3) is 22.3 Å². The van der Waals surface area contributed by atoms with Gasteiger partial charge >= 0.3 is 0 Å². The predicted octanol–water partition coefficient (Wildman–Crippen LogP) is 4.72. The van der Waals surface area contributed by atoms with E-state index in [9.17, 15) is 0 Å². The molecule has 1 aliphatic rings. The van der Waals surface area contributed by atoms with Gasteiger partial charge in [-0.1, -0.05) is 35.9 Å². The number of nitrogens with one attached hydrogen (secondary N) is 1. The van der Waals surface area contributed by atoms with Crippen LogP contribution in [0.2, 0.25) is 5.02 Å². The van der Waals surface area contributed by atoms with Crippen molar-refractivity contribution < 1.29 is 4.42 Å². The number of furan rings is 1. The SMILES string of the molecule is Clc1cccc2cc(-c3cccc4c3CCN4)oc12. The molecule has 2 nitrogen and oxygen atoms in total. The number of hydrogen-bond acceptors (Lipinski definition) is 2. The summed E-state index contributed by atoms with van der Waals surface area (Å²) < 4.78 is 5.95. The van der Waals surface area contributed by atoms with Gasteiger partial charge in [0.15, 0.2) is 5.58 Å². The summed E-state index contributed by atoms with van der Waals surface area (Å²) in [6, 6.07) is 14.2. The molecule has 19 heavy (non-hydrogen) atoms. The number of halogens is 1. The molecule has 0 spiro atoms. The van der Waals surface area contributed by atoms with E-state index in [0.717, 1.165) is 35.3 Å². The van der Waals surface area contributed by atoms with Crippen molar-refractivity contribution in [2.45, 2.75) is 6.42 Å². The van der Waals surface area contributed by atoms with Crippen molar-refractivity contribution in [2.75, 3.05) is 11.9 Å². The standard InChI is InChI=1S/C16H12ClNO/c17-13-5-1-3-10-9-15(19-16(10)13)12-4-2-6-14-11(12)7-8-18-14/h1-6,9,18H,7-8H2. The summed E-state index contributed by atoms with van der Waals surface area (Å²) in [5, 5.41) is 5.10. The third kappa shape index (κ3) is 1.64. The van der Waals surface area contributed by atoms with E-state index in [1.54, 1.807) is 0 Å². The summed E-state index contributed by atoms with van der Waals surface area (Å²) in [4.78, 5) is 0. The minimum Gasteiger partial charge on any atom is -0.455 e. The first-order valence-electron chi connectivity index (χ1n) is 6.37. The zero-order chi connectivity index (χ0) is 12.8. The molecule has 0 fully saturated rings. The van der Waals surface area contributed by atoms with Crippen LogP contribution in [0.4, 0.5) is 5.69 Å². The van der Waals surface area contributed by atoms with Crippen molar-refractivity contribution in [2.24, 2.45) is 0 Å². The van der Waals surface area contributed by atoms with E-state index in [0.29, 0.717) is 5.02 Å². The molecule has 1 aliphatic heterocycles. The maximum atomic E-state index is 6.17. The van der Waals surface area contributed by atoms with Gasteiger partial charge in [0.2, 0.25) is 0 Å². The van der Waals surface area contributed by atoms with Gasteiger partial charge in [-0.3, -0.25) is 0 Å². The summed E-state index contributed by atoms with van der Waals surface area (Å²) in [7, 11) is 0. The molecule has 1 aromatic heterocycles. The van der Waals surface area contributed by atoms with Gasteiger partial charge < -0.3 is 9.73 Å². The Labute approximate surface area is 116 Å². The van der Waals surface area contributed by atoms with Gasteiger partial charge in [-0.15, -0.1) is 0 Å². The molecular formula is C16H12ClNO. The molecule has 4 rings (SSSR count). The summed E-state index contributed by atoms with van der Waals surface area (Å²) in [6.07, 6.45) is 1.04. The van der Waals surface area contributed by atoms with Gasteiger partial charge in [0.05, 0.1) is 5.02 Å². The number of benzene rings is 2. The lowest BCUT2D eigenvalue weighted by atomic mass is 10.0. The smallest absolute Gasteiger partial charge is 0.153 e. The van der Waals surface area contributed by atoms with Gasteiger partial charge in [0, 0.05) is 23.2 Å². The highest BCUT2D eigenvalue weighted by molar-refractivity contribution is 6.34. The fourth-order valence-corrected chi connectivity index (χ4v) is 2.96. The monoisotopic (exact) mass is 269 g/mol. The third-order valence-electron chi connectivity index (χ3n) is 3.63. The van der Waals surface area contributed by atoms with E-state index in [-0.39, 0.29) is 0 Å². The first kappa shape index (κ1) is 10.9. The molecule has 0 saturated carbocycles. The number of rotatable bonds is 1. The average Bonchev–Trinajstić information content (AvgIpc) is 3.05. The molecule has 0 radical (unpaired) electrons. The topological polar surface area (TPSA) is 25.2 Å². The quantitative estimate of drug-likeness (QED) is 0.691. The van der Waals surface area contributed by atoms with Crippen molar-refractivity contribution >= 4 is 28.3 Å². The minimum absolute atomic E-state index is 0.662. The Hall–Kier alpha value is -1.93. The second-order valence-electron chi connectivity index (χ2n) is 4.78. The maximum absolute atomic E-state index is 6.17. The van der Waals surface area contributed by atoms with E-state index >= 15 is 0 Å². The average molecular weight is 270 g/mol. The molecule has 94 valence electrons. The number of anilines is 1. The molecule has 0 saturated heterocycles. The van der Waals surface area contributed by atoms with E-state index in [4.69, 9.17) is 16.0 Å². The third-order valence-corrected chi connectivity index (χ3v) is 3.93. The second-order valence-corrected chi connectivity index (χ2v) is 5.18. The number of fused-ring (bicyclic) bond motifs is 2. The minimum atomic E-state index is 0.662. The molecular weight excluding hydrogens is 258 g/mol. The van der Waals surface area contributed by atoms with Crippen molar-refractivity contribution in [3.8, 4) is 11.3 Å². The van der Waals surface area contributed by atoms with E-state index < -0.39 is 0 Å². The Morgan fingerprint density at radius 1 is 1.11 bits per heavy atom. The van der Waals surface area contributed by atoms with Crippen molar-refractivity contribution in [3.63, 3.8) is 0 Å². The van der Waals surface area contributed by atoms with E-state index in [1.165, 1.54) is 11.3 Å². The van der Waals surface area contributed by atoms with Crippen molar-refractivity contribution in [3.05, 3.63) is 53.1 Å². The summed E-state index contributed by atoms with van der Waals surface area (Å²) in [5.74, 6) is 0.892. The van der Waals surface area contributed by atoms with Crippen LogP contribution in [-0.2, 0) is 6.42 Å². The molecule has 0 aliphatic carbocycles.